The summed E-state index contributed by atoms with van der Waals surface area (Å²) in [6.45, 7) is 4.78. The van der Waals surface area contributed by atoms with Crippen molar-refractivity contribution < 1.29 is 13.2 Å². The predicted octanol–water partition coefficient (Wildman–Crippen LogP) is 0.0838. The summed E-state index contributed by atoms with van der Waals surface area (Å²) in [5, 5.41) is 1.54. The Morgan fingerprint density at radius 3 is 2.23 bits per heavy atom. The smallest absolute Gasteiger partial charge is 0.310 e. The van der Waals surface area contributed by atoms with E-state index >= 15 is 0 Å². The van der Waals surface area contributed by atoms with Crippen LogP contribution < -0.4 is 4.83 Å². The Balaban J connectivity index is 2.51. The van der Waals surface area contributed by atoms with Crippen LogP contribution in [0.15, 0.2) is 0 Å². The molecule has 0 aromatic heterocycles. The molecule has 0 aromatic carbocycles. The second-order valence-electron chi connectivity index (χ2n) is 3.19. The fraction of sp³-hybridized carbons (Fsp3) is 1.00. The van der Waals surface area contributed by atoms with Crippen molar-refractivity contribution in [1.82, 2.24) is 9.84 Å². The number of ether oxygens (including phenoxy) is 1. The highest BCUT2D eigenvalue weighted by atomic mass is 35.7. The zero-order chi connectivity index (χ0) is 10.1. The van der Waals surface area contributed by atoms with Gasteiger partial charge in [-0.2, -0.15) is 8.42 Å². The maximum Gasteiger partial charge on any atom is 0.310 e. The fourth-order valence-corrected chi connectivity index (χ4v) is 2.16. The summed E-state index contributed by atoms with van der Waals surface area (Å²) in [7, 11) is 1.36. The zero-order valence-corrected chi connectivity index (χ0v) is 9.10. The molecule has 2 atom stereocenters. The molecular weight excluding hydrogens is 216 g/mol. The van der Waals surface area contributed by atoms with Crippen molar-refractivity contribution in [3.8, 4) is 0 Å². The van der Waals surface area contributed by atoms with Gasteiger partial charge >= 0.3 is 9.24 Å². The molecule has 0 amide bonds. The first-order valence-corrected chi connectivity index (χ1v) is 6.30. The van der Waals surface area contributed by atoms with Gasteiger partial charge in [0.15, 0.2) is 0 Å². The van der Waals surface area contributed by atoms with Gasteiger partial charge in [0.25, 0.3) is 0 Å². The first kappa shape index (κ1) is 11.2. The van der Waals surface area contributed by atoms with Gasteiger partial charge in [0.1, 0.15) is 0 Å². The average Bonchev–Trinajstić information content (AvgIpc) is 1.78. The molecule has 1 heterocycles. The minimum atomic E-state index is -3.68. The van der Waals surface area contributed by atoms with Crippen molar-refractivity contribution in [2.24, 2.45) is 0 Å². The third-order valence-electron chi connectivity index (χ3n) is 1.66. The van der Waals surface area contributed by atoms with E-state index in [9.17, 15) is 8.42 Å². The number of hydrogen-bond donors (Lipinski definition) is 1. The van der Waals surface area contributed by atoms with E-state index in [2.05, 4.69) is 4.83 Å². The molecule has 5 nitrogen and oxygen atoms in total. The van der Waals surface area contributed by atoms with Gasteiger partial charge in [0.05, 0.1) is 12.2 Å². The zero-order valence-electron chi connectivity index (χ0n) is 7.53. The highest BCUT2D eigenvalue weighted by molar-refractivity contribution is 8.12. The lowest BCUT2D eigenvalue weighted by Crippen LogP contribution is -2.52. The van der Waals surface area contributed by atoms with E-state index < -0.39 is 9.24 Å². The molecule has 0 bridgehead atoms. The summed E-state index contributed by atoms with van der Waals surface area (Å²) in [4.78, 5) is 2.21. The van der Waals surface area contributed by atoms with Crippen molar-refractivity contribution in [2.75, 3.05) is 13.1 Å². The number of nitrogens with zero attached hydrogens (tertiary/aromatic N) is 1. The highest BCUT2D eigenvalue weighted by Gasteiger charge is 2.24. The van der Waals surface area contributed by atoms with Crippen LogP contribution >= 0.6 is 10.7 Å². The van der Waals surface area contributed by atoms with Crippen LogP contribution in [0.25, 0.3) is 0 Å². The summed E-state index contributed by atoms with van der Waals surface area (Å²) >= 11 is 0. The molecule has 1 saturated heterocycles. The van der Waals surface area contributed by atoms with Gasteiger partial charge in [-0.25, -0.2) is 5.01 Å². The summed E-state index contributed by atoms with van der Waals surface area (Å²) in [6.07, 6.45) is 0.0179. The van der Waals surface area contributed by atoms with Crippen molar-refractivity contribution in [1.29, 1.82) is 0 Å². The quantitative estimate of drug-likeness (QED) is 0.681. The number of nitrogens with one attached hydrogen (secondary N) is 1. The molecular formula is C6H13ClN2O3S. The van der Waals surface area contributed by atoms with E-state index in [-0.39, 0.29) is 12.2 Å². The van der Waals surface area contributed by atoms with Crippen molar-refractivity contribution in [3.05, 3.63) is 0 Å². The number of hydrogen-bond acceptors (Lipinski definition) is 4. The van der Waals surface area contributed by atoms with Crippen LogP contribution in [0.2, 0.25) is 0 Å². The van der Waals surface area contributed by atoms with Gasteiger partial charge in [0, 0.05) is 23.8 Å². The fourth-order valence-electron chi connectivity index (χ4n) is 1.41. The van der Waals surface area contributed by atoms with E-state index in [4.69, 9.17) is 15.4 Å². The molecule has 78 valence electrons. The molecule has 2 unspecified atom stereocenters. The molecule has 0 aromatic rings. The highest BCUT2D eigenvalue weighted by Crippen LogP contribution is 2.09. The second kappa shape index (κ2) is 4.10. The van der Waals surface area contributed by atoms with Gasteiger partial charge in [0.2, 0.25) is 0 Å². The standard InChI is InChI=1S/C6H13ClN2O3S/c1-5-3-9(4-6(2)12-5)8-13(7,10)11/h5-6,8H,3-4H2,1-2H3. The Bertz CT molecular complexity index is 259. The molecule has 7 heteroatoms. The van der Waals surface area contributed by atoms with Crippen molar-refractivity contribution in [2.45, 2.75) is 26.1 Å². The molecule has 1 aliphatic rings. The first-order valence-electron chi connectivity index (χ1n) is 3.99. The van der Waals surface area contributed by atoms with E-state index in [0.29, 0.717) is 13.1 Å². The Morgan fingerprint density at radius 1 is 1.38 bits per heavy atom. The van der Waals surface area contributed by atoms with E-state index in [1.165, 1.54) is 0 Å². The lowest BCUT2D eigenvalue weighted by molar-refractivity contribution is -0.0747. The molecule has 0 spiro atoms. The van der Waals surface area contributed by atoms with Crippen molar-refractivity contribution >= 4 is 19.9 Å². The van der Waals surface area contributed by atoms with Crippen LogP contribution in [0.4, 0.5) is 0 Å². The van der Waals surface area contributed by atoms with Gasteiger partial charge in [-0.15, -0.1) is 4.83 Å². The molecule has 1 aliphatic heterocycles. The molecule has 1 N–H and O–H groups in total. The predicted molar refractivity (Wildman–Crippen MR) is 49.5 cm³/mol. The van der Waals surface area contributed by atoms with E-state index in [1.54, 1.807) is 5.01 Å². The number of rotatable bonds is 2. The lowest BCUT2D eigenvalue weighted by atomic mass is 10.3. The molecule has 1 rings (SSSR count). The normalized spacial score (nSPS) is 31.9. The SMILES string of the molecule is CC1CN(NS(=O)(=O)Cl)CC(C)O1. The van der Waals surface area contributed by atoms with Crippen molar-refractivity contribution in [3.63, 3.8) is 0 Å². The third kappa shape index (κ3) is 4.24. The maximum absolute atomic E-state index is 10.7. The number of morpholine rings is 1. The molecule has 13 heavy (non-hydrogen) atoms. The summed E-state index contributed by atoms with van der Waals surface area (Å²) in [5.41, 5.74) is 0. The topological polar surface area (TPSA) is 58.6 Å². The van der Waals surface area contributed by atoms with Gasteiger partial charge < -0.3 is 4.74 Å². The monoisotopic (exact) mass is 228 g/mol. The van der Waals surface area contributed by atoms with E-state index in [0.717, 1.165) is 0 Å². The summed E-state index contributed by atoms with van der Waals surface area (Å²) in [6, 6.07) is 0. The lowest BCUT2D eigenvalue weighted by Gasteiger charge is -2.34. The second-order valence-corrected chi connectivity index (χ2v) is 5.47. The number of hydrazine groups is 1. The van der Waals surface area contributed by atoms with Crippen LogP contribution in [0.3, 0.4) is 0 Å². The molecule has 0 aliphatic carbocycles. The Labute approximate surface area is 82.5 Å². The van der Waals surface area contributed by atoms with E-state index in [1.807, 2.05) is 13.8 Å². The summed E-state index contributed by atoms with van der Waals surface area (Å²) < 4.78 is 26.8. The van der Waals surface area contributed by atoms with Gasteiger partial charge in [-0.1, -0.05) is 0 Å². The van der Waals surface area contributed by atoms with Gasteiger partial charge in [-0.3, -0.25) is 0 Å². The largest absolute Gasteiger partial charge is 0.373 e. The Kier molecular flexibility index (Phi) is 3.53. The summed E-state index contributed by atoms with van der Waals surface area (Å²) in [5.74, 6) is 0. The third-order valence-corrected chi connectivity index (χ3v) is 2.34. The molecule has 1 fully saturated rings. The van der Waals surface area contributed by atoms with Crippen LogP contribution in [0.1, 0.15) is 13.8 Å². The van der Waals surface area contributed by atoms with Crippen LogP contribution in [0.5, 0.6) is 0 Å². The molecule has 0 saturated carbocycles. The van der Waals surface area contributed by atoms with Crippen LogP contribution in [-0.2, 0) is 14.0 Å². The van der Waals surface area contributed by atoms with Crippen LogP contribution in [-0.4, -0.2) is 38.7 Å². The average molecular weight is 229 g/mol. The number of halogens is 1. The minimum absolute atomic E-state index is 0.00895. The Hall–Kier alpha value is 0.120. The van der Waals surface area contributed by atoms with Gasteiger partial charge in [-0.05, 0) is 13.8 Å². The minimum Gasteiger partial charge on any atom is -0.373 e. The Morgan fingerprint density at radius 2 is 1.85 bits per heavy atom. The van der Waals surface area contributed by atoms with Crippen LogP contribution in [0, 0.1) is 0 Å². The molecule has 0 radical (unpaired) electrons. The maximum atomic E-state index is 10.7. The first-order chi connectivity index (χ1) is 5.87.